The molecule has 3 rings (SSSR count). The summed E-state index contributed by atoms with van der Waals surface area (Å²) in [6, 6.07) is 4.69. The van der Waals surface area contributed by atoms with Gasteiger partial charge in [-0.1, -0.05) is 12.1 Å². The SMILES string of the molecule is O=C1CC2C1CC(CCC(O)c1cccc(C(F)(F)F)c1)C2O. The van der Waals surface area contributed by atoms with Gasteiger partial charge in [-0.2, -0.15) is 13.2 Å². The number of carbonyl (C=O) groups excluding carboxylic acids is 1. The van der Waals surface area contributed by atoms with Gasteiger partial charge in [0.2, 0.25) is 0 Å². The molecule has 2 N–H and O–H groups in total. The Bertz CT molecular complexity index is 599. The Morgan fingerprint density at radius 3 is 2.65 bits per heavy atom. The van der Waals surface area contributed by atoms with Gasteiger partial charge in [0.05, 0.1) is 17.8 Å². The molecule has 5 unspecified atom stereocenters. The minimum atomic E-state index is -4.43. The number of Topliss-reactive ketones (excluding diaryl/α,β-unsaturated/α-hetero) is 1. The Morgan fingerprint density at radius 1 is 1.30 bits per heavy atom. The number of fused-ring (bicyclic) bond motifs is 1. The highest BCUT2D eigenvalue weighted by molar-refractivity contribution is 5.88. The quantitative estimate of drug-likeness (QED) is 0.893. The molecule has 0 amide bonds. The summed E-state index contributed by atoms with van der Waals surface area (Å²) in [5.41, 5.74) is -0.551. The molecule has 0 spiro atoms. The summed E-state index contributed by atoms with van der Waals surface area (Å²) in [6.07, 6.45) is -4.14. The predicted molar refractivity (Wildman–Crippen MR) is 76.4 cm³/mol. The zero-order valence-electron chi connectivity index (χ0n) is 12.5. The lowest BCUT2D eigenvalue weighted by atomic mass is 9.74. The molecular weight excluding hydrogens is 309 g/mol. The van der Waals surface area contributed by atoms with Crippen LogP contribution in [0, 0.1) is 17.8 Å². The third-order valence-electron chi connectivity index (χ3n) is 5.26. The standard InChI is InChI=1S/C17H19F3O3/c18-17(19,20)11-3-1-2-9(6-11)14(21)5-4-10-7-12-13(16(10)23)8-15(12)22/h1-3,6,10,12-14,16,21,23H,4-5,7-8H2. The number of hydrogen-bond acceptors (Lipinski definition) is 3. The normalized spacial score (nSPS) is 31.6. The predicted octanol–water partition coefficient (Wildman–Crippen LogP) is 3.11. The molecule has 3 nitrogen and oxygen atoms in total. The van der Waals surface area contributed by atoms with Gasteiger partial charge in [-0.3, -0.25) is 4.79 Å². The van der Waals surface area contributed by atoms with Crippen molar-refractivity contribution in [3.63, 3.8) is 0 Å². The molecule has 2 aliphatic carbocycles. The molecule has 0 saturated heterocycles. The topological polar surface area (TPSA) is 57.5 Å². The molecule has 0 aliphatic heterocycles. The third kappa shape index (κ3) is 3.15. The lowest BCUT2D eigenvalue weighted by molar-refractivity contribution is -0.137. The Morgan fingerprint density at radius 2 is 2.04 bits per heavy atom. The number of carbonyl (C=O) groups is 1. The highest BCUT2D eigenvalue weighted by Crippen LogP contribution is 2.49. The fourth-order valence-electron chi connectivity index (χ4n) is 3.83. The molecule has 2 saturated carbocycles. The summed E-state index contributed by atoms with van der Waals surface area (Å²) in [6.45, 7) is 0. The number of aliphatic hydroxyl groups excluding tert-OH is 2. The number of ketones is 1. The van der Waals surface area contributed by atoms with Crippen LogP contribution >= 0.6 is 0 Å². The maximum absolute atomic E-state index is 12.7. The van der Waals surface area contributed by atoms with Gasteiger partial charge in [0.15, 0.2) is 0 Å². The largest absolute Gasteiger partial charge is 0.416 e. The molecule has 2 aliphatic rings. The number of hydrogen-bond donors (Lipinski definition) is 2. The van der Waals surface area contributed by atoms with Crippen molar-refractivity contribution in [3.05, 3.63) is 35.4 Å². The average molecular weight is 328 g/mol. The monoisotopic (exact) mass is 328 g/mol. The molecule has 1 aromatic rings. The molecule has 126 valence electrons. The number of alkyl halides is 3. The summed E-state index contributed by atoms with van der Waals surface area (Å²) in [7, 11) is 0. The van der Waals surface area contributed by atoms with Crippen LogP contribution in [0.15, 0.2) is 24.3 Å². The van der Waals surface area contributed by atoms with Gasteiger partial charge in [0.1, 0.15) is 5.78 Å². The number of aliphatic hydroxyl groups is 2. The molecule has 5 atom stereocenters. The zero-order chi connectivity index (χ0) is 16.8. The average Bonchev–Trinajstić information content (AvgIpc) is 2.75. The molecule has 0 heterocycles. The zero-order valence-corrected chi connectivity index (χ0v) is 12.5. The van der Waals surface area contributed by atoms with E-state index in [1.165, 1.54) is 12.1 Å². The summed E-state index contributed by atoms with van der Waals surface area (Å²) in [5.74, 6) is 0.116. The molecule has 2 fully saturated rings. The number of halogens is 3. The van der Waals surface area contributed by atoms with Crippen LogP contribution in [-0.4, -0.2) is 22.1 Å². The van der Waals surface area contributed by atoms with Gasteiger partial charge in [0, 0.05) is 18.3 Å². The minimum absolute atomic E-state index is 0.0400. The Balaban J connectivity index is 1.60. The van der Waals surface area contributed by atoms with Crippen LogP contribution < -0.4 is 0 Å². The lowest BCUT2D eigenvalue weighted by Crippen LogP contribution is -2.38. The van der Waals surface area contributed by atoms with Gasteiger partial charge < -0.3 is 10.2 Å². The minimum Gasteiger partial charge on any atom is -0.393 e. The van der Waals surface area contributed by atoms with E-state index in [0.29, 0.717) is 19.3 Å². The van der Waals surface area contributed by atoms with E-state index in [-0.39, 0.29) is 35.5 Å². The first-order valence-corrected chi connectivity index (χ1v) is 7.83. The first kappa shape index (κ1) is 16.5. The van der Waals surface area contributed by atoms with Crippen LogP contribution in [0.5, 0.6) is 0 Å². The highest BCUT2D eigenvalue weighted by Gasteiger charge is 2.52. The second-order valence-corrected chi connectivity index (χ2v) is 6.64. The Labute approximate surface area is 132 Å². The first-order valence-electron chi connectivity index (χ1n) is 7.83. The molecule has 1 aromatic carbocycles. The van der Waals surface area contributed by atoms with E-state index >= 15 is 0 Å². The van der Waals surface area contributed by atoms with E-state index in [0.717, 1.165) is 12.1 Å². The van der Waals surface area contributed by atoms with E-state index < -0.39 is 23.9 Å². The van der Waals surface area contributed by atoms with Crippen molar-refractivity contribution >= 4 is 5.78 Å². The van der Waals surface area contributed by atoms with Crippen molar-refractivity contribution in [3.8, 4) is 0 Å². The van der Waals surface area contributed by atoms with E-state index in [4.69, 9.17) is 0 Å². The van der Waals surface area contributed by atoms with E-state index in [1.807, 2.05) is 0 Å². The molecule has 0 radical (unpaired) electrons. The van der Waals surface area contributed by atoms with Crippen LogP contribution in [0.1, 0.15) is 42.9 Å². The van der Waals surface area contributed by atoms with Crippen LogP contribution in [0.25, 0.3) is 0 Å². The second-order valence-electron chi connectivity index (χ2n) is 6.64. The second kappa shape index (κ2) is 5.91. The molecule has 0 aromatic heterocycles. The van der Waals surface area contributed by atoms with Crippen molar-refractivity contribution < 1.29 is 28.2 Å². The third-order valence-corrected chi connectivity index (χ3v) is 5.26. The van der Waals surface area contributed by atoms with Gasteiger partial charge in [-0.25, -0.2) is 0 Å². The van der Waals surface area contributed by atoms with Gasteiger partial charge in [-0.05, 0) is 42.9 Å². The fraction of sp³-hybridized carbons (Fsp3) is 0.588. The van der Waals surface area contributed by atoms with Crippen molar-refractivity contribution in [1.29, 1.82) is 0 Å². The van der Waals surface area contributed by atoms with Crippen molar-refractivity contribution in [2.75, 3.05) is 0 Å². The van der Waals surface area contributed by atoms with Crippen LogP contribution in [0.4, 0.5) is 13.2 Å². The van der Waals surface area contributed by atoms with Gasteiger partial charge >= 0.3 is 6.18 Å². The maximum atomic E-state index is 12.7. The lowest BCUT2D eigenvalue weighted by Gasteiger charge is -2.30. The molecule has 23 heavy (non-hydrogen) atoms. The van der Waals surface area contributed by atoms with Crippen LogP contribution in [0.2, 0.25) is 0 Å². The van der Waals surface area contributed by atoms with Crippen LogP contribution in [-0.2, 0) is 11.0 Å². The first-order chi connectivity index (χ1) is 10.8. The van der Waals surface area contributed by atoms with E-state index in [1.54, 1.807) is 0 Å². The summed E-state index contributed by atoms with van der Waals surface area (Å²) < 4.78 is 38.1. The van der Waals surface area contributed by atoms with Gasteiger partial charge in [0.25, 0.3) is 0 Å². The summed E-state index contributed by atoms with van der Waals surface area (Å²) in [5, 5.41) is 20.3. The number of rotatable bonds is 4. The van der Waals surface area contributed by atoms with Crippen molar-refractivity contribution in [2.24, 2.45) is 17.8 Å². The van der Waals surface area contributed by atoms with Crippen molar-refractivity contribution in [2.45, 2.75) is 44.1 Å². The van der Waals surface area contributed by atoms with E-state index in [2.05, 4.69) is 0 Å². The van der Waals surface area contributed by atoms with Gasteiger partial charge in [-0.15, -0.1) is 0 Å². The Hall–Kier alpha value is -1.40. The molecular formula is C17H19F3O3. The molecule has 0 bridgehead atoms. The van der Waals surface area contributed by atoms with Crippen molar-refractivity contribution in [1.82, 2.24) is 0 Å². The van der Waals surface area contributed by atoms with Crippen LogP contribution in [0.3, 0.4) is 0 Å². The summed E-state index contributed by atoms with van der Waals surface area (Å²) in [4.78, 5) is 11.4. The number of benzene rings is 1. The molecule has 6 heteroatoms. The van der Waals surface area contributed by atoms with E-state index in [9.17, 15) is 28.2 Å². The Kier molecular flexibility index (Phi) is 4.23. The highest BCUT2D eigenvalue weighted by atomic mass is 19.4. The maximum Gasteiger partial charge on any atom is 0.416 e. The summed E-state index contributed by atoms with van der Waals surface area (Å²) >= 11 is 0. The fourth-order valence-corrected chi connectivity index (χ4v) is 3.83. The smallest absolute Gasteiger partial charge is 0.393 e.